The number of hydrogen-bond donors (Lipinski definition) is 0. The highest BCUT2D eigenvalue weighted by molar-refractivity contribution is 5.43. The Morgan fingerprint density at radius 3 is 2.65 bits per heavy atom. The molecule has 1 aromatic rings. The molecule has 1 aromatic carbocycles. The minimum Gasteiger partial charge on any atom is -0.258 e. The van der Waals surface area contributed by atoms with E-state index < -0.39 is 10.7 Å². The van der Waals surface area contributed by atoms with Crippen LogP contribution in [0.25, 0.3) is 0 Å². The number of nitro benzene ring substituents is 1. The maximum absolute atomic E-state index is 13.8. The quantitative estimate of drug-likeness (QED) is 0.544. The molecule has 0 fully saturated rings. The van der Waals surface area contributed by atoms with Gasteiger partial charge in [0, 0.05) is 6.07 Å². The molecule has 0 N–H and O–H groups in total. The molecule has 0 bridgehead atoms. The number of nitrogens with zero attached hydrogens (tertiary/aromatic N) is 1. The SMILES string of the molecule is CCCCC(CC)c1c(F)cccc1[N+](=O)[O-]. The third-order valence-electron chi connectivity index (χ3n) is 3.03. The fourth-order valence-corrected chi connectivity index (χ4v) is 2.09. The maximum Gasteiger partial charge on any atom is 0.275 e. The average Bonchev–Trinajstić information content (AvgIpc) is 2.31. The topological polar surface area (TPSA) is 43.1 Å². The fourth-order valence-electron chi connectivity index (χ4n) is 2.09. The summed E-state index contributed by atoms with van der Waals surface area (Å²) in [6, 6.07) is 4.08. The smallest absolute Gasteiger partial charge is 0.258 e. The van der Waals surface area contributed by atoms with Crippen molar-refractivity contribution in [2.75, 3.05) is 0 Å². The van der Waals surface area contributed by atoms with Gasteiger partial charge >= 0.3 is 0 Å². The standard InChI is InChI=1S/C13H18FNO2/c1-3-5-7-10(4-2)13-11(14)8-6-9-12(13)15(16)17/h6,8-10H,3-5,7H2,1-2H3. The van der Waals surface area contributed by atoms with Gasteiger partial charge < -0.3 is 0 Å². The molecular formula is C13H18FNO2. The van der Waals surface area contributed by atoms with Gasteiger partial charge in [0.15, 0.2) is 0 Å². The summed E-state index contributed by atoms with van der Waals surface area (Å²) < 4.78 is 13.8. The second kappa shape index (κ2) is 6.33. The Bertz CT molecular complexity index is 393. The van der Waals surface area contributed by atoms with Gasteiger partial charge in [-0.05, 0) is 24.8 Å². The zero-order chi connectivity index (χ0) is 12.8. The van der Waals surface area contributed by atoms with E-state index in [-0.39, 0.29) is 17.2 Å². The van der Waals surface area contributed by atoms with Crippen molar-refractivity contribution in [1.82, 2.24) is 0 Å². The molecule has 0 amide bonds. The number of nitro groups is 1. The molecule has 1 atom stereocenters. The highest BCUT2D eigenvalue weighted by Crippen LogP contribution is 2.34. The van der Waals surface area contributed by atoms with Crippen LogP contribution in [0.4, 0.5) is 10.1 Å². The van der Waals surface area contributed by atoms with Crippen molar-refractivity contribution in [2.45, 2.75) is 45.4 Å². The van der Waals surface area contributed by atoms with Crippen LogP contribution in [0.15, 0.2) is 18.2 Å². The highest BCUT2D eigenvalue weighted by atomic mass is 19.1. The number of benzene rings is 1. The Balaban J connectivity index is 3.11. The third kappa shape index (κ3) is 3.25. The molecule has 0 heterocycles. The van der Waals surface area contributed by atoms with E-state index in [2.05, 4.69) is 6.92 Å². The maximum atomic E-state index is 13.8. The molecule has 0 aliphatic rings. The lowest BCUT2D eigenvalue weighted by Gasteiger charge is -2.15. The Hall–Kier alpha value is -1.45. The van der Waals surface area contributed by atoms with Gasteiger partial charge in [0.05, 0.1) is 10.5 Å². The van der Waals surface area contributed by atoms with E-state index in [1.165, 1.54) is 18.2 Å². The van der Waals surface area contributed by atoms with Crippen molar-refractivity contribution >= 4 is 5.69 Å². The van der Waals surface area contributed by atoms with E-state index >= 15 is 0 Å². The predicted octanol–water partition coefficient (Wildman–Crippen LogP) is 4.42. The van der Waals surface area contributed by atoms with Gasteiger partial charge in [-0.1, -0.05) is 32.8 Å². The van der Waals surface area contributed by atoms with Crippen molar-refractivity contribution in [3.63, 3.8) is 0 Å². The van der Waals surface area contributed by atoms with E-state index in [1.54, 1.807) is 0 Å². The number of rotatable bonds is 6. The Labute approximate surface area is 101 Å². The summed E-state index contributed by atoms with van der Waals surface area (Å²) >= 11 is 0. The zero-order valence-electron chi connectivity index (χ0n) is 10.3. The first-order chi connectivity index (χ1) is 8.11. The highest BCUT2D eigenvalue weighted by Gasteiger charge is 2.24. The largest absolute Gasteiger partial charge is 0.275 e. The molecule has 0 saturated carbocycles. The predicted molar refractivity (Wildman–Crippen MR) is 65.6 cm³/mol. The molecule has 0 saturated heterocycles. The average molecular weight is 239 g/mol. The number of unbranched alkanes of at least 4 members (excludes halogenated alkanes) is 1. The molecule has 94 valence electrons. The minimum absolute atomic E-state index is 0.0588. The molecule has 1 rings (SSSR count). The van der Waals surface area contributed by atoms with E-state index in [1.807, 2.05) is 6.92 Å². The van der Waals surface area contributed by atoms with Crippen LogP contribution in [0.1, 0.15) is 51.0 Å². The Kier molecular flexibility index (Phi) is 5.07. The van der Waals surface area contributed by atoms with E-state index in [4.69, 9.17) is 0 Å². The summed E-state index contributed by atoms with van der Waals surface area (Å²) in [4.78, 5) is 10.4. The summed E-state index contributed by atoms with van der Waals surface area (Å²) in [6.45, 7) is 4.00. The molecule has 0 aromatic heterocycles. The molecule has 4 heteroatoms. The van der Waals surface area contributed by atoms with Gasteiger partial charge in [0.2, 0.25) is 0 Å². The van der Waals surface area contributed by atoms with Gasteiger partial charge in [-0.3, -0.25) is 10.1 Å². The van der Waals surface area contributed by atoms with Crippen LogP contribution in [0.3, 0.4) is 0 Å². The second-order valence-electron chi connectivity index (χ2n) is 4.18. The van der Waals surface area contributed by atoms with Crippen LogP contribution in [0.5, 0.6) is 0 Å². The molecule has 0 spiro atoms. The van der Waals surface area contributed by atoms with Crippen LogP contribution in [0, 0.1) is 15.9 Å². The summed E-state index contributed by atoms with van der Waals surface area (Å²) in [5.41, 5.74) is 0.182. The molecular weight excluding hydrogens is 221 g/mol. The van der Waals surface area contributed by atoms with Crippen LogP contribution in [0.2, 0.25) is 0 Å². The van der Waals surface area contributed by atoms with Crippen LogP contribution in [-0.4, -0.2) is 4.92 Å². The summed E-state index contributed by atoms with van der Waals surface area (Å²) in [5.74, 6) is -0.515. The van der Waals surface area contributed by atoms with Gasteiger partial charge in [0.1, 0.15) is 5.82 Å². The first-order valence-corrected chi connectivity index (χ1v) is 6.04. The monoisotopic (exact) mass is 239 g/mol. The summed E-state index contributed by atoms with van der Waals surface area (Å²) in [6.07, 6.45) is 3.50. The number of hydrogen-bond acceptors (Lipinski definition) is 2. The lowest BCUT2D eigenvalue weighted by molar-refractivity contribution is -0.386. The van der Waals surface area contributed by atoms with E-state index in [9.17, 15) is 14.5 Å². The third-order valence-corrected chi connectivity index (χ3v) is 3.03. The van der Waals surface area contributed by atoms with Crippen LogP contribution in [-0.2, 0) is 0 Å². The van der Waals surface area contributed by atoms with Gasteiger partial charge in [-0.2, -0.15) is 0 Å². The van der Waals surface area contributed by atoms with Crippen molar-refractivity contribution in [1.29, 1.82) is 0 Å². The first-order valence-electron chi connectivity index (χ1n) is 6.04. The van der Waals surface area contributed by atoms with Crippen molar-refractivity contribution < 1.29 is 9.31 Å². The zero-order valence-corrected chi connectivity index (χ0v) is 10.3. The van der Waals surface area contributed by atoms with Crippen molar-refractivity contribution in [2.24, 2.45) is 0 Å². The minimum atomic E-state index is -0.493. The Morgan fingerprint density at radius 1 is 1.41 bits per heavy atom. The van der Waals surface area contributed by atoms with Gasteiger partial charge in [0.25, 0.3) is 5.69 Å². The second-order valence-corrected chi connectivity index (χ2v) is 4.18. The normalized spacial score (nSPS) is 12.4. The summed E-state index contributed by atoms with van der Waals surface area (Å²) in [7, 11) is 0. The molecule has 0 radical (unpaired) electrons. The molecule has 3 nitrogen and oxygen atoms in total. The van der Waals surface area contributed by atoms with Gasteiger partial charge in [-0.15, -0.1) is 0 Å². The van der Waals surface area contributed by atoms with Crippen LogP contribution >= 0.6 is 0 Å². The van der Waals surface area contributed by atoms with Crippen molar-refractivity contribution in [3.05, 3.63) is 39.7 Å². The number of halogens is 1. The lowest BCUT2D eigenvalue weighted by Crippen LogP contribution is -2.05. The van der Waals surface area contributed by atoms with Crippen molar-refractivity contribution in [3.8, 4) is 0 Å². The lowest BCUT2D eigenvalue weighted by atomic mass is 9.90. The fraction of sp³-hybridized carbons (Fsp3) is 0.538. The van der Waals surface area contributed by atoms with Gasteiger partial charge in [-0.25, -0.2) is 4.39 Å². The molecule has 1 unspecified atom stereocenters. The molecule has 0 aliphatic heterocycles. The summed E-state index contributed by atoms with van der Waals surface area (Å²) in [5, 5.41) is 10.9. The van der Waals surface area contributed by atoms with E-state index in [0.717, 1.165) is 25.7 Å². The van der Waals surface area contributed by atoms with Crippen LogP contribution < -0.4 is 0 Å². The first kappa shape index (κ1) is 13.6. The Morgan fingerprint density at radius 2 is 2.12 bits per heavy atom. The van der Waals surface area contributed by atoms with E-state index in [0.29, 0.717) is 0 Å². The molecule has 17 heavy (non-hydrogen) atoms. The molecule has 0 aliphatic carbocycles.